The first-order chi connectivity index (χ1) is 14.2. The summed E-state index contributed by atoms with van der Waals surface area (Å²) in [7, 11) is -2.04. The largest absolute Gasteiger partial charge is 0.455 e. The van der Waals surface area contributed by atoms with Gasteiger partial charge in [0.25, 0.3) is 5.91 Å². The van der Waals surface area contributed by atoms with Gasteiger partial charge < -0.3 is 14.5 Å². The summed E-state index contributed by atoms with van der Waals surface area (Å²) in [6.45, 7) is 2.25. The van der Waals surface area contributed by atoms with Crippen molar-refractivity contribution in [3.8, 4) is 11.3 Å². The number of fused-ring (bicyclic) bond motifs is 2. The van der Waals surface area contributed by atoms with Crippen molar-refractivity contribution >= 4 is 32.6 Å². The predicted molar refractivity (Wildman–Crippen MR) is 112 cm³/mol. The van der Waals surface area contributed by atoms with Gasteiger partial charge in [0, 0.05) is 29.6 Å². The fraction of sp³-hybridized carbons (Fsp3) is 0.286. The maximum Gasteiger partial charge on any atom is 0.255 e. The number of nitrogens with zero attached hydrogens (tertiary/aromatic N) is 1. The summed E-state index contributed by atoms with van der Waals surface area (Å²) in [5, 5.41) is 3.13. The van der Waals surface area contributed by atoms with Crippen LogP contribution in [0.5, 0.6) is 0 Å². The fourth-order valence-electron chi connectivity index (χ4n) is 3.71. The Morgan fingerprint density at radius 1 is 1.23 bits per heavy atom. The molecule has 0 fully saturated rings. The monoisotopic (exact) mass is 432 g/mol. The van der Waals surface area contributed by atoms with Crippen LogP contribution in [0.1, 0.15) is 28.9 Å². The Hall–Kier alpha value is -2.91. The number of anilines is 1. The maximum atomic E-state index is 13.4. The van der Waals surface area contributed by atoms with E-state index in [-0.39, 0.29) is 30.9 Å². The number of nitrogens with one attached hydrogen (secondary N) is 1. The van der Waals surface area contributed by atoms with Crippen molar-refractivity contribution in [2.75, 3.05) is 30.8 Å². The number of carbonyl (C=O) groups is 1. The molecule has 0 saturated heterocycles. The molecule has 0 spiro atoms. The van der Waals surface area contributed by atoms with Gasteiger partial charge >= 0.3 is 0 Å². The van der Waals surface area contributed by atoms with Crippen molar-refractivity contribution in [3.63, 3.8) is 0 Å². The first-order valence-corrected chi connectivity index (χ1v) is 11.2. The number of halogens is 1. The van der Waals surface area contributed by atoms with Gasteiger partial charge in [-0.1, -0.05) is 0 Å². The molecule has 3 aromatic rings. The van der Waals surface area contributed by atoms with E-state index in [1.54, 1.807) is 12.1 Å². The molecule has 0 bridgehead atoms. The quantitative estimate of drug-likeness (QED) is 0.685. The minimum absolute atomic E-state index is 0.176. The minimum atomic E-state index is -3.55. The predicted octanol–water partition coefficient (Wildman–Crippen LogP) is 3.46. The SMILES string of the molecule is CNC(=O)c1c(-c2ccc(F)cc2)oc2cc3c(cc12)[C@@H](C)OCCN3S(C)(=O)=O. The highest BCUT2D eigenvalue weighted by Gasteiger charge is 2.30. The van der Waals surface area contributed by atoms with Gasteiger partial charge in [0.15, 0.2) is 0 Å². The smallest absolute Gasteiger partial charge is 0.255 e. The van der Waals surface area contributed by atoms with Gasteiger partial charge in [0.05, 0.1) is 36.8 Å². The van der Waals surface area contributed by atoms with E-state index in [2.05, 4.69) is 5.32 Å². The third-order valence-corrected chi connectivity index (χ3v) is 6.35. The van der Waals surface area contributed by atoms with E-state index < -0.39 is 15.8 Å². The van der Waals surface area contributed by atoms with E-state index >= 15 is 0 Å². The summed E-state index contributed by atoms with van der Waals surface area (Å²) in [5.41, 5.74) is 2.28. The zero-order valence-corrected chi connectivity index (χ0v) is 17.5. The van der Waals surface area contributed by atoms with Crippen LogP contribution in [-0.4, -0.2) is 40.8 Å². The standard InChI is InChI=1S/C21H21FN2O5S/c1-12-15-10-16-18(11-17(15)24(8-9-28-12)30(3,26)27)29-20(19(16)21(25)23-2)13-4-6-14(22)7-5-13/h4-7,10-12H,8-9H2,1-3H3,(H,23,25)/t12-/m1/s1. The van der Waals surface area contributed by atoms with Gasteiger partial charge in [-0.2, -0.15) is 0 Å². The second-order valence-electron chi connectivity index (χ2n) is 7.15. The van der Waals surface area contributed by atoms with Crippen LogP contribution >= 0.6 is 0 Å². The van der Waals surface area contributed by atoms with E-state index in [0.29, 0.717) is 33.3 Å². The third-order valence-electron chi connectivity index (χ3n) is 5.17. The number of hydrogen-bond acceptors (Lipinski definition) is 5. The van der Waals surface area contributed by atoms with Crippen LogP contribution in [-0.2, 0) is 14.8 Å². The highest BCUT2D eigenvalue weighted by atomic mass is 32.2. The lowest BCUT2D eigenvalue weighted by molar-refractivity contribution is 0.0769. The Kier molecular flexibility index (Phi) is 5.03. The average Bonchev–Trinajstić information content (AvgIpc) is 2.98. The number of carbonyl (C=O) groups excluding carboxylic acids is 1. The van der Waals surface area contributed by atoms with Crippen LogP contribution < -0.4 is 9.62 Å². The first kappa shape index (κ1) is 20.4. The molecule has 9 heteroatoms. The molecule has 1 amide bonds. The summed E-state index contributed by atoms with van der Waals surface area (Å²) in [5.74, 6) is -0.489. The summed E-state index contributed by atoms with van der Waals surface area (Å²) >= 11 is 0. The van der Waals surface area contributed by atoms with Crippen molar-refractivity contribution < 1.29 is 26.8 Å². The van der Waals surface area contributed by atoms with E-state index in [4.69, 9.17) is 9.15 Å². The lowest BCUT2D eigenvalue weighted by Gasteiger charge is -2.22. The molecule has 0 saturated carbocycles. The van der Waals surface area contributed by atoms with Crippen LogP contribution in [0.15, 0.2) is 40.8 Å². The molecular weight excluding hydrogens is 411 g/mol. The molecule has 0 unspecified atom stereocenters. The van der Waals surface area contributed by atoms with Gasteiger partial charge in [-0.25, -0.2) is 12.8 Å². The van der Waals surface area contributed by atoms with Crippen LogP contribution in [0.3, 0.4) is 0 Å². The first-order valence-electron chi connectivity index (χ1n) is 9.38. The highest BCUT2D eigenvalue weighted by Crippen LogP contribution is 2.41. The van der Waals surface area contributed by atoms with Crippen molar-refractivity contribution in [2.24, 2.45) is 0 Å². The molecule has 0 aliphatic carbocycles. The van der Waals surface area contributed by atoms with Crippen molar-refractivity contribution in [3.05, 3.63) is 53.3 Å². The number of benzene rings is 2. The Balaban J connectivity index is 2.03. The van der Waals surface area contributed by atoms with Crippen LogP contribution in [0, 0.1) is 5.82 Å². The van der Waals surface area contributed by atoms with E-state index in [0.717, 1.165) is 6.26 Å². The molecule has 1 N–H and O–H groups in total. The van der Waals surface area contributed by atoms with Crippen LogP contribution in [0.25, 0.3) is 22.3 Å². The van der Waals surface area contributed by atoms with Crippen molar-refractivity contribution in [1.82, 2.24) is 5.32 Å². The van der Waals surface area contributed by atoms with Crippen molar-refractivity contribution in [1.29, 1.82) is 0 Å². The van der Waals surface area contributed by atoms with Gasteiger partial charge in [-0.05, 0) is 37.3 Å². The second-order valence-corrected chi connectivity index (χ2v) is 9.05. The number of rotatable bonds is 3. The minimum Gasteiger partial charge on any atom is -0.455 e. The summed E-state index contributed by atoms with van der Waals surface area (Å²) in [4.78, 5) is 12.7. The lowest BCUT2D eigenvalue weighted by Crippen LogP contribution is -2.32. The lowest BCUT2D eigenvalue weighted by atomic mass is 10.0. The third kappa shape index (κ3) is 3.44. The Morgan fingerprint density at radius 3 is 2.57 bits per heavy atom. The van der Waals surface area contributed by atoms with Crippen LogP contribution in [0.4, 0.5) is 10.1 Å². The zero-order chi connectivity index (χ0) is 21.6. The topological polar surface area (TPSA) is 88.8 Å². The van der Waals surface area contributed by atoms with Gasteiger partial charge in [-0.3, -0.25) is 9.10 Å². The van der Waals surface area contributed by atoms with Gasteiger partial charge in [0.2, 0.25) is 10.0 Å². The molecular formula is C21H21FN2O5S. The average molecular weight is 432 g/mol. The number of ether oxygens (including phenoxy) is 1. The maximum absolute atomic E-state index is 13.4. The zero-order valence-electron chi connectivity index (χ0n) is 16.7. The molecule has 0 radical (unpaired) electrons. The summed E-state index contributed by atoms with van der Waals surface area (Å²) < 4.78 is 51.2. The molecule has 30 heavy (non-hydrogen) atoms. The molecule has 2 aromatic carbocycles. The number of hydrogen-bond donors (Lipinski definition) is 1. The van der Waals surface area contributed by atoms with E-state index in [1.807, 2.05) is 6.92 Å². The van der Waals surface area contributed by atoms with Gasteiger partial charge in [-0.15, -0.1) is 0 Å². The Morgan fingerprint density at radius 2 is 1.93 bits per heavy atom. The molecule has 1 aliphatic rings. The molecule has 1 aliphatic heterocycles. The summed E-state index contributed by atoms with van der Waals surface area (Å²) in [6.07, 6.45) is 0.761. The number of amides is 1. The molecule has 7 nitrogen and oxygen atoms in total. The highest BCUT2D eigenvalue weighted by molar-refractivity contribution is 7.92. The van der Waals surface area contributed by atoms with E-state index in [9.17, 15) is 17.6 Å². The van der Waals surface area contributed by atoms with Crippen molar-refractivity contribution in [2.45, 2.75) is 13.0 Å². The fourth-order valence-corrected chi connectivity index (χ4v) is 4.63. The molecule has 158 valence electrons. The van der Waals surface area contributed by atoms with Gasteiger partial charge in [0.1, 0.15) is 17.2 Å². The number of sulfonamides is 1. The Labute approximate surface area is 173 Å². The molecule has 1 atom stereocenters. The number of furan rings is 1. The second kappa shape index (κ2) is 7.41. The summed E-state index contributed by atoms with van der Waals surface area (Å²) in [6, 6.07) is 8.98. The molecule has 1 aromatic heterocycles. The normalized spacial score (nSPS) is 16.9. The Bertz CT molecular complexity index is 1230. The molecule has 2 heterocycles. The van der Waals surface area contributed by atoms with E-state index in [1.165, 1.54) is 35.6 Å². The molecule has 4 rings (SSSR count). The van der Waals surface area contributed by atoms with Crippen LogP contribution in [0.2, 0.25) is 0 Å².